The van der Waals surface area contributed by atoms with Crippen LogP contribution in [0, 0.1) is 6.92 Å². The second-order valence-electron chi connectivity index (χ2n) is 6.32. The van der Waals surface area contributed by atoms with E-state index in [0.29, 0.717) is 11.4 Å². The average molecular weight is 432 g/mol. The maximum atomic E-state index is 12.8. The molecule has 0 amide bonds. The van der Waals surface area contributed by atoms with Crippen molar-refractivity contribution in [3.8, 4) is 0 Å². The molecule has 0 spiro atoms. The molecule has 0 saturated carbocycles. The van der Waals surface area contributed by atoms with Crippen LogP contribution in [0.15, 0.2) is 82.6 Å². The maximum absolute atomic E-state index is 12.8. The minimum atomic E-state index is -3.91. The fourth-order valence-corrected chi connectivity index (χ4v) is 4.40. The van der Waals surface area contributed by atoms with Crippen LogP contribution < -0.4 is 14.8 Å². The summed E-state index contributed by atoms with van der Waals surface area (Å²) >= 11 is 0. The lowest BCUT2D eigenvalue weighted by atomic mass is 10.2. The van der Waals surface area contributed by atoms with E-state index in [-0.39, 0.29) is 9.79 Å². The molecule has 0 aromatic heterocycles. The molecule has 3 N–H and O–H groups in total. The molecule has 0 aliphatic rings. The van der Waals surface area contributed by atoms with Gasteiger partial charge in [0.05, 0.1) is 21.2 Å². The highest BCUT2D eigenvalue weighted by Gasteiger charge is 2.18. The molecule has 0 aliphatic carbocycles. The number of sulfonamides is 2. The fourth-order valence-electron chi connectivity index (χ4n) is 2.59. The molecule has 0 atom stereocenters. The van der Waals surface area contributed by atoms with Crippen LogP contribution in [-0.2, 0) is 20.0 Å². The van der Waals surface area contributed by atoms with Crippen LogP contribution in [0.2, 0.25) is 0 Å². The number of hydrogen-bond donors (Lipinski definition) is 3. The number of hydrogen-bond acceptors (Lipinski definition) is 5. The van der Waals surface area contributed by atoms with Gasteiger partial charge in [-0.15, -0.1) is 0 Å². The van der Waals surface area contributed by atoms with Crippen molar-refractivity contribution in [1.29, 1.82) is 0 Å². The van der Waals surface area contributed by atoms with Gasteiger partial charge >= 0.3 is 0 Å². The molecular formula is C20H21N3O4S2. The fraction of sp³-hybridized carbons (Fsp3) is 0.100. The second-order valence-corrected chi connectivity index (χ2v) is 9.89. The van der Waals surface area contributed by atoms with Gasteiger partial charge in [0.1, 0.15) is 0 Å². The van der Waals surface area contributed by atoms with E-state index in [0.717, 1.165) is 11.3 Å². The molecule has 0 aliphatic heterocycles. The maximum Gasteiger partial charge on any atom is 0.261 e. The zero-order valence-electron chi connectivity index (χ0n) is 15.9. The number of nitrogens with one attached hydrogen (secondary N) is 3. The molecule has 0 unspecified atom stereocenters. The summed E-state index contributed by atoms with van der Waals surface area (Å²) in [7, 11) is -6.26. The third-order valence-electron chi connectivity index (χ3n) is 4.22. The first-order valence-corrected chi connectivity index (χ1v) is 11.7. The molecule has 0 heterocycles. The van der Waals surface area contributed by atoms with Crippen molar-refractivity contribution < 1.29 is 16.8 Å². The smallest absolute Gasteiger partial charge is 0.261 e. The zero-order valence-corrected chi connectivity index (χ0v) is 17.5. The lowest BCUT2D eigenvalue weighted by Gasteiger charge is -2.14. The average Bonchev–Trinajstić information content (AvgIpc) is 2.71. The third-order valence-corrected chi connectivity index (χ3v) is 7.03. The van der Waals surface area contributed by atoms with Crippen LogP contribution >= 0.6 is 0 Å². The van der Waals surface area contributed by atoms with Crippen molar-refractivity contribution in [2.45, 2.75) is 16.7 Å². The molecule has 29 heavy (non-hydrogen) atoms. The van der Waals surface area contributed by atoms with Crippen LogP contribution in [0.1, 0.15) is 5.56 Å². The first kappa shape index (κ1) is 20.8. The summed E-state index contributed by atoms with van der Waals surface area (Å²) in [5.74, 6) is 0. The van der Waals surface area contributed by atoms with E-state index in [1.165, 1.54) is 31.3 Å². The van der Waals surface area contributed by atoms with Crippen LogP contribution in [0.3, 0.4) is 0 Å². The van der Waals surface area contributed by atoms with E-state index >= 15 is 0 Å². The number of para-hydroxylation sites is 2. The molecule has 152 valence electrons. The lowest BCUT2D eigenvalue weighted by molar-refractivity contribution is 0.587. The van der Waals surface area contributed by atoms with Crippen molar-refractivity contribution in [2.75, 3.05) is 17.1 Å². The molecule has 0 fully saturated rings. The van der Waals surface area contributed by atoms with Crippen molar-refractivity contribution in [1.82, 2.24) is 4.72 Å². The van der Waals surface area contributed by atoms with E-state index in [1.807, 2.05) is 31.2 Å². The predicted molar refractivity (Wildman–Crippen MR) is 114 cm³/mol. The zero-order chi connectivity index (χ0) is 21.1. The Bertz CT molecular complexity index is 1210. The molecule has 3 aromatic rings. The number of aryl methyl sites for hydroxylation is 1. The predicted octanol–water partition coefficient (Wildman–Crippen LogP) is 3.45. The first-order valence-electron chi connectivity index (χ1n) is 8.70. The number of benzene rings is 3. The van der Waals surface area contributed by atoms with Crippen LogP contribution in [-0.4, -0.2) is 23.9 Å². The van der Waals surface area contributed by atoms with Gasteiger partial charge < -0.3 is 5.32 Å². The van der Waals surface area contributed by atoms with Crippen molar-refractivity contribution >= 4 is 37.1 Å². The van der Waals surface area contributed by atoms with Crippen molar-refractivity contribution in [3.63, 3.8) is 0 Å². The summed E-state index contributed by atoms with van der Waals surface area (Å²) in [6, 6.07) is 19.6. The van der Waals surface area contributed by atoms with Gasteiger partial charge in [-0.05, 0) is 62.5 Å². The summed E-state index contributed by atoms with van der Waals surface area (Å²) in [6.45, 7) is 1.99. The van der Waals surface area contributed by atoms with Gasteiger partial charge in [0.2, 0.25) is 10.0 Å². The largest absolute Gasteiger partial charge is 0.354 e. The minimum absolute atomic E-state index is 0.0135. The molecular weight excluding hydrogens is 410 g/mol. The van der Waals surface area contributed by atoms with Crippen LogP contribution in [0.4, 0.5) is 17.1 Å². The Morgan fingerprint density at radius 2 is 1.17 bits per heavy atom. The van der Waals surface area contributed by atoms with Gasteiger partial charge in [-0.2, -0.15) is 0 Å². The Kier molecular flexibility index (Phi) is 5.92. The monoisotopic (exact) mass is 431 g/mol. The first-order chi connectivity index (χ1) is 13.7. The Morgan fingerprint density at radius 1 is 0.655 bits per heavy atom. The Morgan fingerprint density at radius 3 is 1.72 bits per heavy atom. The highest BCUT2D eigenvalue weighted by atomic mass is 32.2. The molecule has 7 nitrogen and oxygen atoms in total. The van der Waals surface area contributed by atoms with Crippen LogP contribution in [0.25, 0.3) is 0 Å². The van der Waals surface area contributed by atoms with Crippen molar-refractivity contribution in [2.24, 2.45) is 0 Å². The van der Waals surface area contributed by atoms with Crippen molar-refractivity contribution in [3.05, 3.63) is 78.4 Å². The quantitative estimate of drug-likeness (QED) is 0.532. The summed E-state index contributed by atoms with van der Waals surface area (Å²) in [5.41, 5.74) is 2.91. The van der Waals surface area contributed by atoms with Crippen LogP contribution in [0.5, 0.6) is 0 Å². The van der Waals surface area contributed by atoms with Gasteiger partial charge in [-0.1, -0.05) is 29.8 Å². The van der Waals surface area contributed by atoms with Gasteiger partial charge in [-0.25, -0.2) is 21.6 Å². The third kappa shape index (κ3) is 4.94. The van der Waals surface area contributed by atoms with Gasteiger partial charge in [0.15, 0.2) is 0 Å². The molecule has 0 bridgehead atoms. The lowest BCUT2D eigenvalue weighted by Crippen LogP contribution is -2.19. The molecule has 3 aromatic carbocycles. The van der Waals surface area contributed by atoms with E-state index in [1.54, 1.807) is 24.3 Å². The Hall–Kier alpha value is -2.88. The van der Waals surface area contributed by atoms with Gasteiger partial charge in [-0.3, -0.25) is 4.72 Å². The standard InChI is InChI=1S/C20H21N3O4S2/c1-15-7-9-16(10-8-15)22-19-5-3-4-6-20(19)23-29(26,27)18-13-11-17(12-14-18)28(24,25)21-2/h3-14,21-23H,1-2H3. The topological polar surface area (TPSA) is 104 Å². The second kappa shape index (κ2) is 8.24. The SMILES string of the molecule is CNS(=O)(=O)c1ccc(S(=O)(=O)Nc2ccccc2Nc2ccc(C)cc2)cc1. The molecule has 0 saturated heterocycles. The normalized spacial score (nSPS) is 11.8. The van der Waals surface area contributed by atoms with E-state index < -0.39 is 20.0 Å². The van der Waals surface area contributed by atoms with Gasteiger partial charge in [0.25, 0.3) is 10.0 Å². The van der Waals surface area contributed by atoms with E-state index in [2.05, 4.69) is 14.8 Å². The minimum Gasteiger partial charge on any atom is -0.354 e. The molecule has 3 rings (SSSR count). The summed E-state index contributed by atoms with van der Waals surface area (Å²) < 4.78 is 53.9. The summed E-state index contributed by atoms with van der Waals surface area (Å²) in [4.78, 5) is -0.0573. The van der Waals surface area contributed by atoms with E-state index in [9.17, 15) is 16.8 Å². The molecule has 9 heteroatoms. The number of anilines is 3. The van der Waals surface area contributed by atoms with E-state index in [4.69, 9.17) is 0 Å². The Labute approximate surface area is 170 Å². The highest BCUT2D eigenvalue weighted by Crippen LogP contribution is 2.28. The molecule has 0 radical (unpaired) electrons. The number of rotatable bonds is 7. The Balaban J connectivity index is 1.86. The van der Waals surface area contributed by atoms with Gasteiger partial charge in [0, 0.05) is 5.69 Å². The summed E-state index contributed by atoms with van der Waals surface area (Å²) in [6.07, 6.45) is 0. The summed E-state index contributed by atoms with van der Waals surface area (Å²) in [5, 5.41) is 3.20. The highest BCUT2D eigenvalue weighted by molar-refractivity contribution is 7.92.